The molecule has 63 valence electrons. The Morgan fingerprint density at radius 2 is 2.17 bits per heavy atom. The van der Waals surface area contributed by atoms with Crippen LogP contribution < -0.4 is 5.73 Å². The van der Waals surface area contributed by atoms with Gasteiger partial charge in [0, 0.05) is 5.56 Å². The lowest BCUT2D eigenvalue weighted by Crippen LogP contribution is -2.13. The van der Waals surface area contributed by atoms with Crippen LogP contribution in [0.2, 0.25) is 0 Å². The second kappa shape index (κ2) is 2.93. The maximum Gasteiger partial charge on any atom is 0.249 e. The van der Waals surface area contributed by atoms with Crippen molar-refractivity contribution < 1.29 is 9.18 Å². The van der Waals surface area contributed by atoms with E-state index in [2.05, 4.69) is 6.92 Å². The summed E-state index contributed by atoms with van der Waals surface area (Å²) in [6, 6.07) is 2.61. The van der Waals surface area contributed by atoms with Crippen molar-refractivity contribution in [1.82, 2.24) is 0 Å². The van der Waals surface area contributed by atoms with Crippen molar-refractivity contribution >= 4 is 5.91 Å². The summed E-state index contributed by atoms with van der Waals surface area (Å²) < 4.78 is 12.9. The van der Waals surface area contributed by atoms with Gasteiger partial charge < -0.3 is 5.73 Å². The van der Waals surface area contributed by atoms with E-state index in [1.807, 2.05) is 0 Å². The highest BCUT2D eigenvalue weighted by Crippen LogP contribution is 2.13. The van der Waals surface area contributed by atoms with Gasteiger partial charge in [0.25, 0.3) is 0 Å². The van der Waals surface area contributed by atoms with Crippen LogP contribution in [0, 0.1) is 19.7 Å². The maximum absolute atomic E-state index is 12.9. The summed E-state index contributed by atoms with van der Waals surface area (Å²) in [6.07, 6.45) is 0. The molecule has 0 unspecified atom stereocenters. The topological polar surface area (TPSA) is 43.1 Å². The van der Waals surface area contributed by atoms with Crippen molar-refractivity contribution in [2.45, 2.75) is 6.92 Å². The van der Waals surface area contributed by atoms with Gasteiger partial charge >= 0.3 is 0 Å². The smallest absolute Gasteiger partial charge is 0.249 e. The fraction of sp³-hybridized carbons (Fsp3) is 0.111. The van der Waals surface area contributed by atoms with Gasteiger partial charge in [0.15, 0.2) is 0 Å². The van der Waals surface area contributed by atoms with Crippen LogP contribution >= 0.6 is 0 Å². The van der Waals surface area contributed by atoms with Crippen LogP contribution in [0.4, 0.5) is 4.39 Å². The number of amides is 1. The molecule has 0 saturated heterocycles. The van der Waals surface area contributed by atoms with E-state index in [0.717, 1.165) is 6.07 Å². The lowest BCUT2D eigenvalue weighted by atomic mass is 10.1. The number of benzene rings is 1. The van der Waals surface area contributed by atoms with Gasteiger partial charge in [0.05, 0.1) is 0 Å². The Balaban J connectivity index is 3.33. The van der Waals surface area contributed by atoms with Crippen molar-refractivity contribution in [2.24, 2.45) is 5.73 Å². The Bertz CT molecular complexity index is 334. The van der Waals surface area contributed by atoms with E-state index in [-0.39, 0.29) is 5.56 Å². The minimum atomic E-state index is -0.654. The minimum Gasteiger partial charge on any atom is -0.366 e. The van der Waals surface area contributed by atoms with Gasteiger partial charge in [0.2, 0.25) is 5.91 Å². The molecule has 0 aliphatic heterocycles. The number of carbonyl (C=O) groups excluding carboxylic acids is 1. The Hall–Kier alpha value is -1.38. The number of primary amides is 1. The molecule has 1 amide bonds. The number of halogens is 1. The first-order valence-electron chi connectivity index (χ1n) is 3.44. The Kier molecular flexibility index (Phi) is 2.13. The Morgan fingerprint density at radius 3 is 2.67 bits per heavy atom. The molecular weight excluding hydrogens is 157 g/mol. The van der Waals surface area contributed by atoms with Crippen LogP contribution in [0.1, 0.15) is 21.5 Å². The van der Waals surface area contributed by atoms with E-state index >= 15 is 0 Å². The molecule has 0 aliphatic rings. The number of nitrogens with two attached hydrogens (primary N) is 1. The van der Waals surface area contributed by atoms with Crippen molar-refractivity contribution in [3.05, 3.63) is 41.6 Å². The van der Waals surface area contributed by atoms with Gasteiger partial charge in [-0.05, 0) is 31.0 Å². The fourth-order valence-corrected chi connectivity index (χ4v) is 0.971. The van der Waals surface area contributed by atoms with E-state index in [4.69, 9.17) is 5.73 Å². The van der Waals surface area contributed by atoms with E-state index in [1.54, 1.807) is 6.92 Å². The summed E-state index contributed by atoms with van der Waals surface area (Å²) in [4.78, 5) is 10.7. The zero-order valence-electron chi connectivity index (χ0n) is 6.73. The van der Waals surface area contributed by atoms with Gasteiger partial charge in [-0.25, -0.2) is 4.39 Å². The molecule has 0 atom stereocenters. The molecule has 0 bridgehead atoms. The number of rotatable bonds is 1. The normalized spacial score (nSPS) is 9.92. The average Bonchev–Trinajstić information content (AvgIpc) is 1.96. The summed E-state index contributed by atoms with van der Waals surface area (Å²) >= 11 is 0. The zero-order chi connectivity index (χ0) is 9.30. The zero-order valence-corrected chi connectivity index (χ0v) is 6.73. The molecule has 0 heterocycles. The average molecular weight is 166 g/mol. The Morgan fingerprint density at radius 1 is 1.58 bits per heavy atom. The molecule has 2 nitrogen and oxygen atoms in total. The van der Waals surface area contributed by atoms with E-state index in [0.29, 0.717) is 11.1 Å². The van der Waals surface area contributed by atoms with Gasteiger partial charge in [0.1, 0.15) is 5.82 Å². The number of hydrogen-bond acceptors (Lipinski definition) is 1. The first kappa shape index (κ1) is 8.71. The standard InChI is InChI=1S/C9H9FNO/c1-5-3-6(2)8(10)4-7(5)9(11)12/h3-4H,1H2,2H3,(H2,11,12). The monoisotopic (exact) mass is 166 g/mol. The molecule has 0 saturated carbocycles. The molecule has 1 aromatic carbocycles. The highest BCUT2D eigenvalue weighted by atomic mass is 19.1. The van der Waals surface area contributed by atoms with Crippen LogP contribution in [0.5, 0.6) is 0 Å². The minimum absolute atomic E-state index is 0.137. The van der Waals surface area contributed by atoms with Crippen LogP contribution in [0.15, 0.2) is 12.1 Å². The van der Waals surface area contributed by atoms with Crippen LogP contribution in [0.25, 0.3) is 0 Å². The SMILES string of the molecule is [CH2]c1cc(C)c(F)cc1C(N)=O. The first-order valence-corrected chi connectivity index (χ1v) is 3.44. The summed E-state index contributed by atoms with van der Waals surface area (Å²) in [7, 11) is 0. The third-order valence-electron chi connectivity index (χ3n) is 1.65. The highest BCUT2D eigenvalue weighted by molar-refractivity contribution is 5.94. The summed E-state index contributed by atoms with van der Waals surface area (Å²) in [5.41, 5.74) is 6.05. The molecule has 12 heavy (non-hydrogen) atoms. The van der Waals surface area contributed by atoms with Crippen LogP contribution in [-0.4, -0.2) is 5.91 Å². The molecule has 0 fully saturated rings. The van der Waals surface area contributed by atoms with Crippen molar-refractivity contribution in [1.29, 1.82) is 0 Å². The number of carbonyl (C=O) groups is 1. The lowest BCUT2D eigenvalue weighted by molar-refractivity contribution is 0.0999. The number of hydrogen-bond donors (Lipinski definition) is 1. The molecule has 1 aromatic rings. The quantitative estimate of drug-likeness (QED) is 0.673. The first-order chi connectivity index (χ1) is 5.52. The molecule has 0 aliphatic carbocycles. The maximum atomic E-state index is 12.9. The largest absolute Gasteiger partial charge is 0.366 e. The molecule has 3 heteroatoms. The van der Waals surface area contributed by atoms with E-state index in [9.17, 15) is 9.18 Å². The third-order valence-corrected chi connectivity index (χ3v) is 1.65. The molecule has 1 rings (SSSR count). The second-order valence-corrected chi connectivity index (χ2v) is 2.62. The van der Waals surface area contributed by atoms with Gasteiger partial charge in [-0.3, -0.25) is 4.79 Å². The van der Waals surface area contributed by atoms with Crippen LogP contribution in [-0.2, 0) is 0 Å². The molecule has 2 N–H and O–H groups in total. The molecule has 1 radical (unpaired) electrons. The van der Waals surface area contributed by atoms with E-state index in [1.165, 1.54) is 6.07 Å². The summed E-state index contributed by atoms with van der Waals surface area (Å²) in [5.74, 6) is -1.09. The van der Waals surface area contributed by atoms with Gasteiger partial charge in [-0.15, -0.1) is 0 Å². The molecular formula is C9H9FNO. The summed E-state index contributed by atoms with van der Waals surface area (Å²) in [5, 5.41) is 0. The molecule has 0 spiro atoms. The predicted octanol–water partition coefficient (Wildman–Crippen LogP) is 1.42. The predicted molar refractivity (Wildman–Crippen MR) is 44.1 cm³/mol. The van der Waals surface area contributed by atoms with Crippen molar-refractivity contribution in [2.75, 3.05) is 0 Å². The van der Waals surface area contributed by atoms with Crippen LogP contribution in [0.3, 0.4) is 0 Å². The van der Waals surface area contributed by atoms with E-state index < -0.39 is 11.7 Å². The molecule has 0 aromatic heterocycles. The Labute approximate surface area is 70.2 Å². The van der Waals surface area contributed by atoms with Crippen molar-refractivity contribution in [3.63, 3.8) is 0 Å². The number of aryl methyl sites for hydroxylation is 1. The van der Waals surface area contributed by atoms with Gasteiger partial charge in [-0.1, -0.05) is 6.07 Å². The van der Waals surface area contributed by atoms with Gasteiger partial charge in [-0.2, -0.15) is 0 Å². The lowest BCUT2D eigenvalue weighted by Gasteiger charge is -2.03. The summed E-state index contributed by atoms with van der Waals surface area (Å²) in [6.45, 7) is 5.18. The second-order valence-electron chi connectivity index (χ2n) is 2.62. The highest BCUT2D eigenvalue weighted by Gasteiger charge is 2.07. The fourth-order valence-electron chi connectivity index (χ4n) is 0.971. The third kappa shape index (κ3) is 1.44. The van der Waals surface area contributed by atoms with Crippen molar-refractivity contribution in [3.8, 4) is 0 Å².